The molecule has 1 atom stereocenters. The van der Waals surface area contributed by atoms with Gasteiger partial charge in [-0.3, -0.25) is 9.59 Å². The van der Waals surface area contributed by atoms with E-state index in [1.807, 2.05) is 37.3 Å². The second kappa shape index (κ2) is 9.33. The van der Waals surface area contributed by atoms with E-state index in [0.717, 1.165) is 12.0 Å². The van der Waals surface area contributed by atoms with Gasteiger partial charge in [-0.1, -0.05) is 62.4 Å². The fourth-order valence-electron chi connectivity index (χ4n) is 3.12. The number of hydrogen-bond acceptors (Lipinski definition) is 3. The average molecular weight is 317 g/mol. The summed E-state index contributed by atoms with van der Waals surface area (Å²) in [5, 5.41) is 2.84. The van der Waals surface area contributed by atoms with E-state index in [-0.39, 0.29) is 24.5 Å². The Bertz CT molecular complexity index is 495. The quantitative estimate of drug-likeness (QED) is 0.779. The zero-order chi connectivity index (χ0) is 16.5. The molecule has 1 unspecified atom stereocenters. The highest BCUT2D eigenvalue weighted by Crippen LogP contribution is 2.27. The second-order valence-corrected chi connectivity index (χ2v) is 6.40. The van der Waals surface area contributed by atoms with Crippen molar-refractivity contribution >= 4 is 11.9 Å². The fourth-order valence-corrected chi connectivity index (χ4v) is 3.12. The molecule has 1 aliphatic carbocycles. The maximum Gasteiger partial charge on any atom is 0.306 e. The number of carbonyl (C=O) groups excluding carboxylic acids is 2. The summed E-state index contributed by atoms with van der Waals surface area (Å²) in [7, 11) is 0. The Balaban J connectivity index is 1.62. The van der Waals surface area contributed by atoms with Gasteiger partial charge >= 0.3 is 5.97 Å². The SMILES string of the molecule is CC(NC(=O)COC(=O)CCC1CCCCC1)c1ccccc1. The Morgan fingerprint density at radius 3 is 2.57 bits per heavy atom. The van der Waals surface area contributed by atoms with E-state index in [2.05, 4.69) is 5.32 Å². The smallest absolute Gasteiger partial charge is 0.306 e. The number of rotatable bonds is 7. The topological polar surface area (TPSA) is 55.4 Å². The zero-order valence-corrected chi connectivity index (χ0v) is 13.9. The van der Waals surface area contributed by atoms with E-state index in [1.165, 1.54) is 32.1 Å². The third-order valence-corrected chi connectivity index (χ3v) is 4.52. The molecule has 0 heterocycles. The van der Waals surface area contributed by atoms with E-state index in [9.17, 15) is 9.59 Å². The summed E-state index contributed by atoms with van der Waals surface area (Å²) >= 11 is 0. The van der Waals surface area contributed by atoms with Gasteiger partial charge in [-0.25, -0.2) is 0 Å². The first-order valence-corrected chi connectivity index (χ1v) is 8.65. The van der Waals surface area contributed by atoms with Crippen LogP contribution in [0.3, 0.4) is 0 Å². The second-order valence-electron chi connectivity index (χ2n) is 6.40. The molecule has 23 heavy (non-hydrogen) atoms. The van der Waals surface area contributed by atoms with Crippen LogP contribution in [0.15, 0.2) is 30.3 Å². The van der Waals surface area contributed by atoms with Crippen LogP contribution >= 0.6 is 0 Å². The lowest BCUT2D eigenvalue weighted by atomic mass is 9.86. The van der Waals surface area contributed by atoms with Crippen LogP contribution in [0.25, 0.3) is 0 Å². The monoisotopic (exact) mass is 317 g/mol. The van der Waals surface area contributed by atoms with Crippen molar-refractivity contribution in [2.45, 2.75) is 57.9 Å². The minimum absolute atomic E-state index is 0.0929. The van der Waals surface area contributed by atoms with Crippen molar-refractivity contribution in [1.29, 1.82) is 0 Å². The third-order valence-electron chi connectivity index (χ3n) is 4.52. The van der Waals surface area contributed by atoms with Gasteiger partial charge in [0.2, 0.25) is 0 Å². The number of hydrogen-bond donors (Lipinski definition) is 1. The van der Waals surface area contributed by atoms with Crippen molar-refractivity contribution in [2.75, 3.05) is 6.61 Å². The Kier molecular flexibility index (Phi) is 7.11. The molecule has 1 saturated carbocycles. The number of carbonyl (C=O) groups is 2. The number of amides is 1. The van der Waals surface area contributed by atoms with E-state index < -0.39 is 0 Å². The Labute approximate surface area is 138 Å². The van der Waals surface area contributed by atoms with Gasteiger partial charge in [-0.05, 0) is 24.8 Å². The highest BCUT2D eigenvalue weighted by Gasteiger charge is 2.16. The van der Waals surface area contributed by atoms with Crippen molar-refractivity contribution < 1.29 is 14.3 Å². The molecular formula is C19H27NO3. The molecule has 1 aromatic carbocycles. The van der Waals surface area contributed by atoms with Gasteiger partial charge in [-0.2, -0.15) is 0 Å². The maximum atomic E-state index is 11.8. The van der Waals surface area contributed by atoms with Crippen molar-refractivity contribution in [1.82, 2.24) is 5.32 Å². The van der Waals surface area contributed by atoms with E-state index in [1.54, 1.807) is 0 Å². The van der Waals surface area contributed by atoms with Crippen LogP contribution in [0, 0.1) is 5.92 Å². The number of benzene rings is 1. The Morgan fingerprint density at radius 2 is 1.87 bits per heavy atom. The summed E-state index contributed by atoms with van der Waals surface area (Å²) in [6, 6.07) is 9.63. The van der Waals surface area contributed by atoms with E-state index in [0.29, 0.717) is 12.3 Å². The summed E-state index contributed by atoms with van der Waals surface area (Å²) in [6.45, 7) is 1.72. The van der Waals surface area contributed by atoms with Crippen LogP contribution in [0.2, 0.25) is 0 Å². The zero-order valence-electron chi connectivity index (χ0n) is 13.9. The molecule has 0 radical (unpaired) electrons. The number of nitrogens with one attached hydrogen (secondary N) is 1. The molecule has 1 aliphatic rings. The van der Waals surface area contributed by atoms with Crippen molar-refractivity contribution in [3.05, 3.63) is 35.9 Å². The standard InChI is InChI=1S/C19H27NO3/c1-15(17-10-6-3-7-11-17)20-18(21)14-23-19(22)13-12-16-8-4-2-5-9-16/h3,6-7,10-11,15-16H,2,4-5,8-9,12-14H2,1H3,(H,20,21). The highest BCUT2D eigenvalue weighted by molar-refractivity contribution is 5.80. The summed E-state index contributed by atoms with van der Waals surface area (Å²) < 4.78 is 5.08. The molecule has 0 saturated heterocycles. The average Bonchev–Trinajstić information content (AvgIpc) is 2.60. The van der Waals surface area contributed by atoms with Crippen molar-refractivity contribution in [3.63, 3.8) is 0 Å². The lowest BCUT2D eigenvalue weighted by Gasteiger charge is -2.20. The van der Waals surface area contributed by atoms with Gasteiger partial charge in [0.05, 0.1) is 6.04 Å². The van der Waals surface area contributed by atoms with Gasteiger partial charge in [0.15, 0.2) is 6.61 Å². The van der Waals surface area contributed by atoms with Crippen LogP contribution in [-0.2, 0) is 14.3 Å². The van der Waals surface area contributed by atoms with Gasteiger partial charge in [0, 0.05) is 6.42 Å². The fraction of sp³-hybridized carbons (Fsp3) is 0.579. The predicted octanol–water partition coefficient (Wildman–Crippen LogP) is 3.77. The van der Waals surface area contributed by atoms with E-state index >= 15 is 0 Å². The molecule has 1 fully saturated rings. The van der Waals surface area contributed by atoms with Crippen LogP contribution in [0.4, 0.5) is 0 Å². The molecule has 1 aromatic rings. The molecule has 2 rings (SSSR count). The molecule has 126 valence electrons. The molecular weight excluding hydrogens is 290 g/mol. The summed E-state index contributed by atoms with van der Waals surface area (Å²) in [5.74, 6) is 0.133. The predicted molar refractivity (Wildman–Crippen MR) is 89.8 cm³/mol. The third kappa shape index (κ3) is 6.43. The molecule has 0 bridgehead atoms. The molecule has 4 nitrogen and oxygen atoms in total. The number of ether oxygens (including phenoxy) is 1. The van der Waals surface area contributed by atoms with Gasteiger partial charge in [0.1, 0.15) is 0 Å². The van der Waals surface area contributed by atoms with Crippen LogP contribution in [0.5, 0.6) is 0 Å². The molecule has 0 aromatic heterocycles. The van der Waals surface area contributed by atoms with Crippen molar-refractivity contribution in [3.8, 4) is 0 Å². The Hall–Kier alpha value is -1.84. The molecule has 0 spiro atoms. The first kappa shape index (κ1) is 17.5. The van der Waals surface area contributed by atoms with Gasteiger partial charge in [-0.15, -0.1) is 0 Å². The van der Waals surface area contributed by atoms with Crippen molar-refractivity contribution in [2.24, 2.45) is 5.92 Å². The normalized spacial score (nSPS) is 16.6. The van der Waals surface area contributed by atoms with Crippen LogP contribution in [0.1, 0.15) is 63.5 Å². The van der Waals surface area contributed by atoms with Crippen LogP contribution in [-0.4, -0.2) is 18.5 Å². The summed E-state index contributed by atoms with van der Waals surface area (Å²) in [4.78, 5) is 23.6. The first-order valence-electron chi connectivity index (χ1n) is 8.65. The lowest BCUT2D eigenvalue weighted by molar-refractivity contribution is -0.149. The molecule has 4 heteroatoms. The molecule has 0 aliphatic heterocycles. The first-order chi connectivity index (χ1) is 11.1. The minimum Gasteiger partial charge on any atom is -0.456 e. The molecule has 1 N–H and O–H groups in total. The lowest BCUT2D eigenvalue weighted by Crippen LogP contribution is -2.31. The Morgan fingerprint density at radius 1 is 1.17 bits per heavy atom. The minimum atomic E-state index is -0.266. The summed E-state index contributed by atoms with van der Waals surface area (Å²) in [5.41, 5.74) is 1.03. The largest absolute Gasteiger partial charge is 0.456 e. The van der Waals surface area contributed by atoms with E-state index in [4.69, 9.17) is 4.74 Å². The van der Waals surface area contributed by atoms with Gasteiger partial charge in [0.25, 0.3) is 5.91 Å². The maximum absolute atomic E-state index is 11.8. The molecule has 1 amide bonds. The van der Waals surface area contributed by atoms with Gasteiger partial charge < -0.3 is 10.1 Å². The highest BCUT2D eigenvalue weighted by atomic mass is 16.5. The van der Waals surface area contributed by atoms with Crippen LogP contribution < -0.4 is 5.32 Å². The number of esters is 1. The summed E-state index contributed by atoms with van der Waals surface area (Å²) in [6.07, 6.45) is 7.64.